The molecular formula is C14H31NO. The first-order valence-electron chi connectivity index (χ1n) is 7.08. The van der Waals surface area contributed by atoms with Crippen LogP contribution in [0.15, 0.2) is 0 Å². The van der Waals surface area contributed by atoms with Crippen LogP contribution >= 0.6 is 0 Å². The van der Waals surface area contributed by atoms with Crippen molar-refractivity contribution >= 4 is 0 Å². The summed E-state index contributed by atoms with van der Waals surface area (Å²) in [4.78, 5) is 0. The maximum atomic E-state index is 7.57. The molecule has 0 aliphatic heterocycles. The van der Waals surface area contributed by atoms with E-state index in [0.717, 1.165) is 12.0 Å². The van der Waals surface area contributed by atoms with E-state index in [1.54, 1.807) is 6.92 Å². The quantitative estimate of drug-likeness (QED) is 0.725. The Labute approximate surface area is 102 Å². The minimum Gasteiger partial charge on any atom is -0.397 e. The molecule has 0 aromatic carbocycles. The lowest BCUT2D eigenvalue weighted by Crippen LogP contribution is -2.32. The van der Waals surface area contributed by atoms with Gasteiger partial charge in [0.2, 0.25) is 0 Å². The monoisotopic (exact) mass is 229 g/mol. The highest BCUT2D eigenvalue weighted by Crippen LogP contribution is 2.27. The fourth-order valence-electron chi connectivity index (χ4n) is 2.58. The van der Waals surface area contributed by atoms with Crippen LogP contribution in [0.1, 0.15) is 65.2 Å². The largest absolute Gasteiger partial charge is 0.397 e. The highest BCUT2D eigenvalue weighted by atomic mass is 16.2. The molecule has 2 nitrogen and oxygen atoms in total. The van der Waals surface area contributed by atoms with Crippen molar-refractivity contribution in [3.8, 4) is 0 Å². The van der Waals surface area contributed by atoms with Crippen molar-refractivity contribution in [1.82, 2.24) is 5.32 Å². The Balaban J connectivity index is 0.000000673. The molecule has 0 spiro atoms. The average Bonchev–Trinajstić information content (AvgIpc) is 2.52. The van der Waals surface area contributed by atoms with E-state index in [4.69, 9.17) is 5.11 Å². The Kier molecular flexibility index (Phi) is 11.3. The molecule has 16 heavy (non-hydrogen) atoms. The number of nitrogens with one attached hydrogen (secondary N) is 1. The van der Waals surface area contributed by atoms with Gasteiger partial charge in [-0.3, -0.25) is 0 Å². The second-order valence-electron chi connectivity index (χ2n) is 4.75. The Bertz CT molecular complexity index is 139. The second kappa shape index (κ2) is 11.4. The van der Waals surface area contributed by atoms with Gasteiger partial charge >= 0.3 is 0 Å². The normalized spacial score (nSPS) is 25.5. The van der Waals surface area contributed by atoms with Gasteiger partial charge in [0.05, 0.1) is 0 Å². The van der Waals surface area contributed by atoms with Crippen molar-refractivity contribution in [2.24, 2.45) is 5.92 Å². The molecule has 0 saturated heterocycles. The van der Waals surface area contributed by atoms with E-state index in [1.165, 1.54) is 51.4 Å². The SMILES string of the molecule is CCCCC1CCCCCC1NC.CCO. The first kappa shape index (κ1) is 15.9. The highest BCUT2D eigenvalue weighted by Gasteiger charge is 2.21. The van der Waals surface area contributed by atoms with Crippen LogP contribution in [0.5, 0.6) is 0 Å². The summed E-state index contributed by atoms with van der Waals surface area (Å²) >= 11 is 0. The Morgan fingerprint density at radius 3 is 2.31 bits per heavy atom. The molecule has 98 valence electrons. The van der Waals surface area contributed by atoms with Crippen molar-refractivity contribution in [2.75, 3.05) is 13.7 Å². The maximum Gasteiger partial charge on any atom is 0.0402 e. The molecule has 0 aromatic rings. The van der Waals surface area contributed by atoms with Crippen LogP contribution in [0.4, 0.5) is 0 Å². The van der Waals surface area contributed by atoms with E-state index in [2.05, 4.69) is 19.3 Å². The number of rotatable bonds is 4. The summed E-state index contributed by atoms with van der Waals surface area (Å²) < 4.78 is 0. The van der Waals surface area contributed by atoms with Crippen LogP contribution in [-0.2, 0) is 0 Å². The summed E-state index contributed by atoms with van der Waals surface area (Å²) in [7, 11) is 2.13. The fraction of sp³-hybridized carbons (Fsp3) is 1.00. The zero-order valence-corrected chi connectivity index (χ0v) is 11.5. The molecule has 2 atom stereocenters. The first-order chi connectivity index (χ1) is 7.79. The van der Waals surface area contributed by atoms with Gasteiger partial charge < -0.3 is 10.4 Å². The first-order valence-corrected chi connectivity index (χ1v) is 7.08. The van der Waals surface area contributed by atoms with Gasteiger partial charge in [-0.25, -0.2) is 0 Å². The van der Waals surface area contributed by atoms with Crippen LogP contribution in [-0.4, -0.2) is 24.8 Å². The Morgan fingerprint density at radius 1 is 1.12 bits per heavy atom. The lowest BCUT2D eigenvalue weighted by Gasteiger charge is -2.24. The molecule has 1 rings (SSSR count). The number of hydrogen-bond acceptors (Lipinski definition) is 2. The third kappa shape index (κ3) is 7.24. The number of aliphatic hydroxyl groups excluding tert-OH is 1. The van der Waals surface area contributed by atoms with Crippen molar-refractivity contribution in [2.45, 2.75) is 71.3 Å². The maximum absolute atomic E-state index is 7.57. The molecule has 1 aliphatic rings. The molecule has 0 amide bonds. The van der Waals surface area contributed by atoms with Crippen LogP contribution in [0.25, 0.3) is 0 Å². The molecule has 0 bridgehead atoms. The standard InChI is InChI=1S/C12H25N.C2H6O/c1-3-4-8-11-9-6-5-7-10-12(11)13-2;1-2-3/h11-13H,3-10H2,1-2H3;3H,2H2,1H3. The Hall–Kier alpha value is -0.0800. The van der Waals surface area contributed by atoms with Crippen molar-refractivity contribution < 1.29 is 5.11 Å². The molecule has 2 unspecified atom stereocenters. The molecule has 1 aliphatic carbocycles. The zero-order valence-electron chi connectivity index (χ0n) is 11.5. The molecule has 2 heteroatoms. The Morgan fingerprint density at radius 2 is 1.75 bits per heavy atom. The topological polar surface area (TPSA) is 32.3 Å². The van der Waals surface area contributed by atoms with Crippen molar-refractivity contribution in [1.29, 1.82) is 0 Å². The molecule has 0 aromatic heterocycles. The average molecular weight is 229 g/mol. The van der Waals surface area contributed by atoms with Gasteiger partial charge in [0, 0.05) is 12.6 Å². The lowest BCUT2D eigenvalue weighted by molar-refractivity contribution is 0.318. The summed E-state index contributed by atoms with van der Waals surface area (Å²) in [6.07, 6.45) is 11.5. The van der Waals surface area contributed by atoms with Gasteiger partial charge in [-0.1, -0.05) is 39.0 Å². The smallest absolute Gasteiger partial charge is 0.0402 e. The summed E-state index contributed by atoms with van der Waals surface area (Å²) in [5.41, 5.74) is 0. The lowest BCUT2D eigenvalue weighted by atomic mass is 9.90. The number of aliphatic hydroxyl groups is 1. The number of unbranched alkanes of at least 4 members (excludes halogenated alkanes) is 1. The molecular weight excluding hydrogens is 198 g/mol. The van der Waals surface area contributed by atoms with Gasteiger partial charge in [-0.05, 0) is 39.2 Å². The molecule has 1 fully saturated rings. The summed E-state index contributed by atoms with van der Waals surface area (Å²) in [5.74, 6) is 0.965. The van der Waals surface area contributed by atoms with E-state index in [1.807, 2.05) is 0 Å². The van der Waals surface area contributed by atoms with Gasteiger partial charge in [-0.2, -0.15) is 0 Å². The van der Waals surface area contributed by atoms with E-state index in [9.17, 15) is 0 Å². The van der Waals surface area contributed by atoms with E-state index in [0.29, 0.717) is 0 Å². The fourth-order valence-corrected chi connectivity index (χ4v) is 2.58. The van der Waals surface area contributed by atoms with Crippen molar-refractivity contribution in [3.63, 3.8) is 0 Å². The minimum absolute atomic E-state index is 0.250. The summed E-state index contributed by atoms with van der Waals surface area (Å²) in [6, 6.07) is 0.814. The van der Waals surface area contributed by atoms with Crippen LogP contribution in [0, 0.1) is 5.92 Å². The van der Waals surface area contributed by atoms with Crippen LogP contribution < -0.4 is 5.32 Å². The second-order valence-corrected chi connectivity index (χ2v) is 4.75. The van der Waals surface area contributed by atoms with Gasteiger partial charge in [0.25, 0.3) is 0 Å². The van der Waals surface area contributed by atoms with E-state index in [-0.39, 0.29) is 6.61 Å². The van der Waals surface area contributed by atoms with Crippen LogP contribution in [0.3, 0.4) is 0 Å². The third-order valence-electron chi connectivity index (χ3n) is 3.46. The predicted molar refractivity (Wildman–Crippen MR) is 71.7 cm³/mol. The summed E-state index contributed by atoms with van der Waals surface area (Å²) in [5, 5.41) is 11.1. The van der Waals surface area contributed by atoms with Gasteiger partial charge in [0.1, 0.15) is 0 Å². The minimum atomic E-state index is 0.250. The highest BCUT2D eigenvalue weighted by molar-refractivity contribution is 4.78. The molecule has 1 saturated carbocycles. The molecule has 0 radical (unpaired) electrons. The van der Waals surface area contributed by atoms with Crippen LogP contribution in [0.2, 0.25) is 0 Å². The predicted octanol–water partition coefficient (Wildman–Crippen LogP) is 3.34. The van der Waals surface area contributed by atoms with E-state index < -0.39 is 0 Å². The number of hydrogen-bond donors (Lipinski definition) is 2. The summed E-state index contributed by atoms with van der Waals surface area (Å²) in [6.45, 7) is 4.23. The van der Waals surface area contributed by atoms with Crippen molar-refractivity contribution in [3.05, 3.63) is 0 Å². The van der Waals surface area contributed by atoms with E-state index >= 15 is 0 Å². The third-order valence-corrected chi connectivity index (χ3v) is 3.46. The molecule has 0 heterocycles. The van der Waals surface area contributed by atoms with Gasteiger partial charge in [0.15, 0.2) is 0 Å². The molecule has 2 N–H and O–H groups in total. The zero-order chi connectivity index (χ0) is 12.2. The van der Waals surface area contributed by atoms with Gasteiger partial charge in [-0.15, -0.1) is 0 Å².